The molecular weight excluding hydrogens is 452 g/mol. The van der Waals surface area contributed by atoms with Crippen LogP contribution in [0.5, 0.6) is 0 Å². The average Bonchev–Trinajstić information content (AvgIpc) is 2.78. The lowest BCUT2D eigenvalue weighted by Gasteiger charge is -2.51. The van der Waals surface area contributed by atoms with Gasteiger partial charge in [-0.05, 0) is 61.6 Å². The molecule has 2 amide bonds. The van der Waals surface area contributed by atoms with Gasteiger partial charge in [0.15, 0.2) is 0 Å². The van der Waals surface area contributed by atoms with Crippen LogP contribution in [0.2, 0.25) is 5.02 Å². The molecule has 7 heteroatoms. The summed E-state index contributed by atoms with van der Waals surface area (Å²) >= 11 is 5.98. The molecule has 0 saturated carbocycles. The minimum Gasteiger partial charge on any atom is -0.465 e. The van der Waals surface area contributed by atoms with Crippen molar-refractivity contribution in [2.24, 2.45) is 0 Å². The second-order valence-electron chi connectivity index (χ2n) is 8.76. The van der Waals surface area contributed by atoms with E-state index in [1.165, 1.54) is 4.90 Å². The van der Waals surface area contributed by atoms with E-state index in [9.17, 15) is 14.4 Å². The largest absolute Gasteiger partial charge is 0.465 e. The summed E-state index contributed by atoms with van der Waals surface area (Å²) in [7, 11) is 0. The lowest BCUT2D eigenvalue weighted by Crippen LogP contribution is -2.68. The first kappa shape index (κ1) is 25.5. The van der Waals surface area contributed by atoms with Gasteiger partial charge in [0, 0.05) is 18.1 Å². The molecule has 1 atom stereocenters. The third-order valence-corrected chi connectivity index (χ3v) is 6.52. The predicted molar refractivity (Wildman–Crippen MR) is 133 cm³/mol. The van der Waals surface area contributed by atoms with Crippen LogP contribution in [0.25, 0.3) is 5.57 Å². The monoisotopic (exact) mass is 482 g/mol. The molecule has 0 N–H and O–H groups in total. The van der Waals surface area contributed by atoms with E-state index < -0.39 is 11.5 Å². The van der Waals surface area contributed by atoms with Crippen molar-refractivity contribution in [3.05, 3.63) is 76.8 Å². The highest BCUT2D eigenvalue weighted by Crippen LogP contribution is 2.35. The van der Waals surface area contributed by atoms with Crippen LogP contribution in [0.1, 0.15) is 43.4 Å². The minimum atomic E-state index is -1.03. The van der Waals surface area contributed by atoms with Crippen LogP contribution in [0, 0.1) is 6.92 Å². The Kier molecular flexibility index (Phi) is 8.15. The summed E-state index contributed by atoms with van der Waals surface area (Å²) in [4.78, 5) is 42.1. The van der Waals surface area contributed by atoms with Crippen molar-refractivity contribution in [2.45, 2.75) is 45.7 Å². The number of halogens is 1. The molecule has 0 aliphatic carbocycles. The smallest absolute Gasteiger partial charge is 0.325 e. The van der Waals surface area contributed by atoms with Crippen molar-refractivity contribution in [1.29, 1.82) is 0 Å². The van der Waals surface area contributed by atoms with Gasteiger partial charge in [-0.1, -0.05) is 54.6 Å². The van der Waals surface area contributed by atoms with Gasteiger partial charge < -0.3 is 14.5 Å². The quantitative estimate of drug-likeness (QED) is 0.488. The van der Waals surface area contributed by atoms with Crippen LogP contribution in [0.3, 0.4) is 0 Å². The van der Waals surface area contributed by atoms with E-state index in [2.05, 4.69) is 6.58 Å². The Balaban J connectivity index is 1.76. The number of carbonyl (C=O) groups is 3. The van der Waals surface area contributed by atoms with Crippen LogP contribution in [0.4, 0.5) is 0 Å². The number of nitrogens with zero attached hydrogens (tertiary/aromatic N) is 2. The van der Waals surface area contributed by atoms with Crippen molar-refractivity contribution in [3.63, 3.8) is 0 Å². The fourth-order valence-electron chi connectivity index (χ4n) is 4.24. The standard InChI is InChI=1S/C27H31ClN2O4/c1-5-34-25(32)18-29(17-21-10-12-22(28)13-11-21)26(33)27(4)14-15-30(27)24(31)16-20(3)23-9-7-6-8-19(23)2/h6-13H,3,5,14-18H2,1-2,4H3. The van der Waals surface area contributed by atoms with E-state index in [-0.39, 0.29) is 37.9 Å². The van der Waals surface area contributed by atoms with Gasteiger partial charge in [0.2, 0.25) is 11.8 Å². The lowest BCUT2D eigenvalue weighted by molar-refractivity contribution is -0.166. The highest BCUT2D eigenvalue weighted by Gasteiger charge is 2.51. The fourth-order valence-corrected chi connectivity index (χ4v) is 4.36. The van der Waals surface area contributed by atoms with Crippen molar-refractivity contribution in [2.75, 3.05) is 19.7 Å². The average molecular weight is 483 g/mol. The zero-order valence-corrected chi connectivity index (χ0v) is 20.7. The van der Waals surface area contributed by atoms with Crippen molar-refractivity contribution >= 4 is 35.0 Å². The normalized spacial score (nSPS) is 17.0. The molecule has 180 valence electrons. The number of amides is 2. The molecular formula is C27H31ClN2O4. The number of esters is 1. The maximum Gasteiger partial charge on any atom is 0.325 e. The molecule has 0 aromatic heterocycles. The number of aryl methyl sites for hydroxylation is 1. The Hall–Kier alpha value is -3.12. The Bertz CT molecular complexity index is 1080. The molecule has 2 aromatic carbocycles. The van der Waals surface area contributed by atoms with Crippen molar-refractivity contribution in [1.82, 2.24) is 9.80 Å². The Morgan fingerprint density at radius 3 is 2.41 bits per heavy atom. The zero-order valence-electron chi connectivity index (χ0n) is 20.0. The summed E-state index contributed by atoms with van der Waals surface area (Å²) in [5.74, 6) is -0.923. The van der Waals surface area contributed by atoms with Gasteiger partial charge in [0.05, 0.1) is 13.0 Å². The van der Waals surface area contributed by atoms with E-state index in [4.69, 9.17) is 16.3 Å². The summed E-state index contributed by atoms with van der Waals surface area (Å²) in [6.07, 6.45) is 0.650. The van der Waals surface area contributed by atoms with E-state index in [0.29, 0.717) is 23.6 Å². The first-order chi connectivity index (χ1) is 16.2. The third-order valence-electron chi connectivity index (χ3n) is 6.27. The molecule has 0 spiro atoms. The lowest BCUT2D eigenvalue weighted by atomic mass is 9.84. The van der Waals surface area contributed by atoms with Gasteiger partial charge in [-0.2, -0.15) is 0 Å². The Labute approximate surface area is 206 Å². The topological polar surface area (TPSA) is 66.9 Å². The zero-order chi connectivity index (χ0) is 24.9. The van der Waals surface area contributed by atoms with Crippen LogP contribution >= 0.6 is 11.6 Å². The van der Waals surface area contributed by atoms with Crippen LogP contribution in [-0.2, 0) is 25.7 Å². The molecule has 34 heavy (non-hydrogen) atoms. The summed E-state index contributed by atoms with van der Waals surface area (Å²) in [6, 6.07) is 14.9. The molecule has 1 aliphatic rings. The van der Waals surface area contributed by atoms with E-state index in [0.717, 1.165) is 16.7 Å². The van der Waals surface area contributed by atoms with E-state index in [1.807, 2.05) is 43.3 Å². The molecule has 3 rings (SSSR count). The summed E-state index contributed by atoms with van der Waals surface area (Å²) < 4.78 is 5.08. The number of hydrogen-bond donors (Lipinski definition) is 0. The molecule has 2 aromatic rings. The number of carbonyl (C=O) groups excluding carboxylic acids is 3. The predicted octanol–water partition coefficient (Wildman–Crippen LogP) is 4.63. The first-order valence-corrected chi connectivity index (χ1v) is 11.8. The van der Waals surface area contributed by atoms with Crippen molar-refractivity contribution < 1.29 is 19.1 Å². The van der Waals surface area contributed by atoms with E-state index in [1.54, 1.807) is 30.9 Å². The van der Waals surface area contributed by atoms with Crippen LogP contribution < -0.4 is 0 Å². The number of benzene rings is 2. The second-order valence-corrected chi connectivity index (χ2v) is 9.19. The number of hydrogen-bond acceptors (Lipinski definition) is 4. The van der Waals surface area contributed by atoms with Crippen LogP contribution in [0.15, 0.2) is 55.1 Å². The highest BCUT2D eigenvalue weighted by atomic mass is 35.5. The van der Waals surface area contributed by atoms with Gasteiger partial charge in [0.25, 0.3) is 0 Å². The molecule has 1 unspecified atom stereocenters. The van der Waals surface area contributed by atoms with Gasteiger partial charge in [-0.25, -0.2) is 0 Å². The summed E-state index contributed by atoms with van der Waals surface area (Å²) in [5, 5.41) is 0.587. The highest BCUT2D eigenvalue weighted by molar-refractivity contribution is 6.30. The maximum absolute atomic E-state index is 13.7. The minimum absolute atomic E-state index is 0.128. The molecule has 0 radical (unpaired) electrons. The number of rotatable bonds is 9. The third kappa shape index (κ3) is 5.68. The van der Waals surface area contributed by atoms with E-state index >= 15 is 0 Å². The van der Waals surface area contributed by atoms with Gasteiger partial charge in [-0.15, -0.1) is 0 Å². The molecule has 6 nitrogen and oxygen atoms in total. The van der Waals surface area contributed by atoms with Gasteiger partial charge in [0.1, 0.15) is 12.1 Å². The van der Waals surface area contributed by atoms with Crippen LogP contribution in [-0.4, -0.2) is 52.8 Å². The van der Waals surface area contributed by atoms with Crippen molar-refractivity contribution in [3.8, 4) is 0 Å². The molecule has 1 heterocycles. The summed E-state index contributed by atoms with van der Waals surface area (Å²) in [5.41, 5.74) is 2.51. The van der Waals surface area contributed by atoms with Gasteiger partial charge >= 0.3 is 5.97 Å². The Morgan fingerprint density at radius 1 is 1.15 bits per heavy atom. The molecule has 1 saturated heterocycles. The first-order valence-electron chi connectivity index (χ1n) is 11.4. The molecule has 1 fully saturated rings. The summed E-state index contributed by atoms with van der Waals surface area (Å²) in [6.45, 7) is 10.3. The van der Waals surface area contributed by atoms with Gasteiger partial charge in [-0.3, -0.25) is 14.4 Å². The number of ether oxygens (including phenoxy) is 1. The fraction of sp³-hybridized carbons (Fsp3) is 0.370. The second kappa shape index (κ2) is 10.9. The maximum atomic E-state index is 13.7. The number of likely N-dealkylation sites (tertiary alicyclic amines) is 1. The Morgan fingerprint density at radius 2 is 1.82 bits per heavy atom. The molecule has 0 bridgehead atoms. The molecule has 1 aliphatic heterocycles. The SMILES string of the molecule is C=C(CC(=O)N1CCC1(C)C(=O)N(CC(=O)OCC)Cc1ccc(Cl)cc1)c1ccccc1C.